The van der Waals surface area contributed by atoms with Gasteiger partial charge in [0.1, 0.15) is 5.75 Å². The van der Waals surface area contributed by atoms with E-state index < -0.39 is 16.8 Å². The SMILES string of the molecule is COC(=O)c1ccccc1NC(=O)c1ccc(Oc2ccc3ccccc3c2)c([N+](=O)[O-])c1. The molecule has 4 aromatic carbocycles. The molecule has 4 rings (SSSR count). The molecule has 0 aliphatic rings. The summed E-state index contributed by atoms with van der Waals surface area (Å²) in [5.41, 5.74) is 0.0666. The first-order valence-electron chi connectivity index (χ1n) is 9.90. The van der Waals surface area contributed by atoms with Crippen molar-refractivity contribution >= 4 is 34.0 Å². The average molecular weight is 442 g/mol. The first-order valence-corrected chi connectivity index (χ1v) is 9.90. The molecular formula is C25H18N2O6. The maximum atomic E-state index is 12.7. The van der Waals surface area contributed by atoms with Gasteiger partial charge in [-0.3, -0.25) is 14.9 Å². The molecule has 0 spiro atoms. The predicted molar refractivity (Wildman–Crippen MR) is 123 cm³/mol. The largest absolute Gasteiger partial charge is 0.465 e. The second-order valence-corrected chi connectivity index (χ2v) is 7.04. The molecule has 0 aliphatic carbocycles. The number of para-hydroxylation sites is 1. The summed E-state index contributed by atoms with van der Waals surface area (Å²) in [5.74, 6) is -0.800. The summed E-state index contributed by atoms with van der Waals surface area (Å²) < 4.78 is 10.5. The number of benzene rings is 4. The second kappa shape index (κ2) is 9.19. The van der Waals surface area contributed by atoms with E-state index in [2.05, 4.69) is 5.32 Å². The van der Waals surface area contributed by atoms with Gasteiger partial charge in [0.05, 0.1) is 23.3 Å². The highest BCUT2D eigenvalue weighted by atomic mass is 16.6. The maximum absolute atomic E-state index is 12.7. The van der Waals surface area contributed by atoms with E-state index in [4.69, 9.17) is 9.47 Å². The van der Waals surface area contributed by atoms with Gasteiger partial charge < -0.3 is 14.8 Å². The van der Waals surface area contributed by atoms with Crippen LogP contribution < -0.4 is 10.1 Å². The number of rotatable bonds is 6. The molecule has 8 nitrogen and oxygen atoms in total. The highest BCUT2D eigenvalue weighted by Crippen LogP contribution is 2.33. The van der Waals surface area contributed by atoms with E-state index in [1.54, 1.807) is 24.3 Å². The lowest BCUT2D eigenvalue weighted by Crippen LogP contribution is -2.15. The smallest absolute Gasteiger partial charge is 0.339 e. The molecule has 0 saturated heterocycles. The van der Waals surface area contributed by atoms with E-state index in [-0.39, 0.29) is 28.3 Å². The Morgan fingerprint density at radius 2 is 1.61 bits per heavy atom. The minimum atomic E-state index is -0.619. The summed E-state index contributed by atoms with van der Waals surface area (Å²) in [6.07, 6.45) is 0. The van der Waals surface area contributed by atoms with Crippen LogP contribution in [-0.2, 0) is 4.74 Å². The van der Waals surface area contributed by atoms with Crippen molar-refractivity contribution in [1.82, 2.24) is 0 Å². The van der Waals surface area contributed by atoms with Gasteiger partial charge in [0.15, 0.2) is 0 Å². The van der Waals surface area contributed by atoms with E-state index in [1.165, 1.54) is 31.4 Å². The monoisotopic (exact) mass is 442 g/mol. The number of carbonyl (C=O) groups excluding carboxylic acids is 2. The molecule has 0 saturated carbocycles. The van der Waals surface area contributed by atoms with Crippen LogP contribution in [0.15, 0.2) is 84.9 Å². The van der Waals surface area contributed by atoms with Crippen molar-refractivity contribution in [1.29, 1.82) is 0 Å². The Hall–Kier alpha value is -4.72. The van der Waals surface area contributed by atoms with Gasteiger partial charge in [0.2, 0.25) is 5.75 Å². The van der Waals surface area contributed by atoms with Gasteiger partial charge in [-0.25, -0.2) is 4.79 Å². The van der Waals surface area contributed by atoms with Crippen LogP contribution in [-0.4, -0.2) is 23.9 Å². The molecular weight excluding hydrogens is 424 g/mol. The third kappa shape index (κ3) is 4.64. The number of amides is 1. The number of nitrogens with zero attached hydrogens (tertiary/aromatic N) is 1. The molecule has 0 radical (unpaired) electrons. The number of nitro benzene ring substituents is 1. The van der Waals surface area contributed by atoms with Crippen LogP contribution >= 0.6 is 0 Å². The molecule has 4 aromatic rings. The van der Waals surface area contributed by atoms with E-state index in [1.807, 2.05) is 30.3 Å². The molecule has 0 aliphatic heterocycles. The Balaban J connectivity index is 1.61. The fraction of sp³-hybridized carbons (Fsp3) is 0.0400. The van der Waals surface area contributed by atoms with Crippen LogP contribution in [0.5, 0.6) is 11.5 Å². The summed E-state index contributed by atoms with van der Waals surface area (Å²) in [4.78, 5) is 35.7. The lowest BCUT2D eigenvalue weighted by molar-refractivity contribution is -0.385. The summed E-state index contributed by atoms with van der Waals surface area (Å²) in [6.45, 7) is 0. The topological polar surface area (TPSA) is 108 Å². The molecule has 0 atom stereocenters. The third-order valence-corrected chi connectivity index (χ3v) is 4.95. The number of carbonyl (C=O) groups is 2. The lowest BCUT2D eigenvalue weighted by atomic mass is 10.1. The number of ether oxygens (including phenoxy) is 2. The highest BCUT2D eigenvalue weighted by molar-refractivity contribution is 6.08. The maximum Gasteiger partial charge on any atom is 0.339 e. The van der Waals surface area contributed by atoms with Crippen LogP contribution in [0, 0.1) is 10.1 Å². The first kappa shape index (κ1) is 21.5. The van der Waals surface area contributed by atoms with Gasteiger partial charge in [-0.05, 0) is 47.2 Å². The summed E-state index contributed by atoms with van der Waals surface area (Å²) in [6, 6.07) is 23.3. The zero-order chi connectivity index (χ0) is 23.4. The van der Waals surface area contributed by atoms with Crippen molar-refractivity contribution < 1.29 is 24.0 Å². The van der Waals surface area contributed by atoms with Crippen LogP contribution in [0.3, 0.4) is 0 Å². The molecule has 0 fully saturated rings. The predicted octanol–water partition coefficient (Wildman–Crippen LogP) is 5.58. The normalized spacial score (nSPS) is 10.5. The minimum absolute atomic E-state index is 0.00166. The molecule has 0 heterocycles. The van der Waals surface area contributed by atoms with E-state index in [0.29, 0.717) is 5.75 Å². The van der Waals surface area contributed by atoms with Crippen molar-refractivity contribution in [2.45, 2.75) is 0 Å². The number of fused-ring (bicyclic) bond motifs is 1. The van der Waals surface area contributed by atoms with E-state index in [9.17, 15) is 19.7 Å². The van der Waals surface area contributed by atoms with Crippen LogP contribution in [0.2, 0.25) is 0 Å². The summed E-state index contributed by atoms with van der Waals surface area (Å²) in [7, 11) is 1.23. The van der Waals surface area contributed by atoms with Gasteiger partial charge in [0, 0.05) is 11.6 Å². The first-order chi connectivity index (χ1) is 16.0. The average Bonchev–Trinajstić information content (AvgIpc) is 2.84. The number of nitrogens with one attached hydrogen (secondary N) is 1. The zero-order valence-electron chi connectivity index (χ0n) is 17.5. The van der Waals surface area contributed by atoms with Gasteiger partial charge in [-0.15, -0.1) is 0 Å². The molecule has 33 heavy (non-hydrogen) atoms. The molecule has 1 N–H and O–H groups in total. The Bertz CT molecular complexity index is 1380. The van der Waals surface area contributed by atoms with Crippen LogP contribution in [0.1, 0.15) is 20.7 Å². The Morgan fingerprint density at radius 3 is 2.36 bits per heavy atom. The fourth-order valence-electron chi connectivity index (χ4n) is 3.32. The van der Waals surface area contributed by atoms with Gasteiger partial charge in [-0.1, -0.05) is 42.5 Å². The number of hydrogen-bond acceptors (Lipinski definition) is 6. The standard InChI is InChI=1S/C25H18N2O6/c1-32-25(29)20-8-4-5-9-21(20)26-24(28)18-11-13-23(22(15-18)27(30)31)33-19-12-10-16-6-2-3-7-17(16)14-19/h2-15H,1H3,(H,26,28). The van der Waals surface area contributed by atoms with Gasteiger partial charge in [0.25, 0.3) is 5.91 Å². The van der Waals surface area contributed by atoms with Crippen molar-refractivity contribution in [3.8, 4) is 11.5 Å². The van der Waals surface area contributed by atoms with Crippen molar-refractivity contribution in [3.63, 3.8) is 0 Å². The van der Waals surface area contributed by atoms with E-state index in [0.717, 1.165) is 16.8 Å². The third-order valence-electron chi connectivity index (χ3n) is 4.95. The quantitative estimate of drug-likeness (QED) is 0.237. The van der Waals surface area contributed by atoms with Crippen molar-refractivity contribution in [3.05, 3.63) is 106 Å². The number of methoxy groups -OCH3 is 1. The van der Waals surface area contributed by atoms with Crippen molar-refractivity contribution in [2.24, 2.45) is 0 Å². The summed E-state index contributed by atoms with van der Waals surface area (Å²) >= 11 is 0. The Kier molecular flexibility index (Phi) is 5.99. The van der Waals surface area contributed by atoms with Crippen molar-refractivity contribution in [2.75, 3.05) is 12.4 Å². The van der Waals surface area contributed by atoms with Gasteiger partial charge >= 0.3 is 11.7 Å². The van der Waals surface area contributed by atoms with Crippen LogP contribution in [0.4, 0.5) is 11.4 Å². The van der Waals surface area contributed by atoms with Gasteiger partial charge in [-0.2, -0.15) is 0 Å². The zero-order valence-corrected chi connectivity index (χ0v) is 17.5. The minimum Gasteiger partial charge on any atom is -0.465 e. The number of hydrogen-bond donors (Lipinski definition) is 1. The van der Waals surface area contributed by atoms with Crippen LogP contribution in [0.25, 0.3) is 10.8 Å². The molecule has 8 heteroatoms. The molecule has 0 aromatic heterocycles. The summed E-state index contributed by atoms with van der Waals surface area (Å²) in [5, 5.41) is 16.2. The lowest BCUT2D eigenvalue weighted by Gasteiger charge is -2.11. The Morgan fingerprint density at radius 1 is 0.879 bits per heavy atom. The van der Waals surface area contributed by atoms with E-state index >= 15 is 0 Å². The molecule has 164 valence electrons. The second-order valence-electron chi connectivity index (χ2n) is 7.04. The number of anilines is 1. The fourth-order valence-corrected chi connectivity index (χ4v) is 3.32. The molecule has 0 bridgehead atoms. The number of nitro groups is 1. The molecule has 1 amide bonds. The Labute approximate surface area is 188 Å². The highest BCUT2D eigenvalue weighted by Gasteiger charge is 2.21. The molecule has 0 unspecified atom stereocenters. The number of esters is 1.